The Kier molecular flexibility index (Phi) is 3.77. The molecular weight excluding hydrogens is 188 g/mol. The van der Waals surface area contributed by atoms with Gasteiger partial charge in [-0.1, -0.05) is 13.8 Å². The molecule has 15 heavy (non-hydrogen) atoms. The Morgan fingerprint density at radius 3 is 2.33 bits per heavy atom. The van der Waals surface area contributed by atoms with Crippen LogP contribution in [0.5, 0.6) is 0 Å². The van der Waals surface area contributed by atoms with Gasteiger partial charge >= 0.3 is 0 Å². The summed E-state index contributed by atoms with van der Waals surface area (Å²) in [5.41, 5.74) is 5.24. The second kappa shape index (κ2) is 4.52. The molecule has 2 N–H and O–H groups in total. The minimum atomic E-state index is -0.405. The maximum Gasteiger partial charge on any atom is 0.229 e. The molecule has 0 saturated heterocycles. The zero-order valence-electron chi connectivity index (χ0n) is 10.4. The molecule has 0 heterocycles. The monoisotopic (exact) mass is 212 g/mol. The molecule has 0 unspecified atom stereocenters. The predicted octanol–water partition coefficient (Wildman–Crippen LogP) is 1.62. The number of carbonyl (C=O) groups excluding carboxylic acids is 1. The van der Waals surface area contributed by atoms with E-state index in [2.05, 4.69) is 13.8 Å². The van der Waals surface area contributed by atoms with Crippen molar-refractivity contribution in [3.8, 4) is 0 Å². The number of nitrogens with zero attached hydrogens (tertiary/aromatic N) is 1. The van der Waals surface area contributed by atoms with E-state index in [0.717, 1.165) is 6.54 Å². The Bertz CT molecular complexity index is 232. The van der Waals surface area contributed by atoms with Gasteiger partial charge < -0.3 is 10.6 Å². The number of amides is 1. The van der Waals surface area contributed by atoms with Gasteiger partial charge in [-0.25, -0.2) is 0 Å². The van der Waals surface area contributed by atoms with Crippen molar-refractivity contribution in [2.24, 2.45) is 17.1 Å². The fraction of sp³-hybridized carbons (Fsp3) is 0.917. The van der Waals surface area contributed by atoms with Crippen LogP contribution < -0.4 is 5.73 Å². The third-order valence-corrected chi connectivity index (χ3v) is 2.90. The Morgan fingerprint density at radius 2 is 2.00 bits per heavy atom. The van der Waals surface area contributed by atoms with Gasteiger partial charge in [0.25, 0.3) is 0 Å². The summed E-state index contributed by atoms with van der Waals surface area (Å²) in [5.74, 6) is 0.754. The van der Waals surface area contributed by atoms with Gasteiger partial charge in [0.1, 0.15) is 0 Å². The molecule has 0 radical (unpaired) electrons. The summed E-state index contributed by atoms with van der Waals surface area (Å²) in [6.07, 6.45) is 2.33. The van der Waals surface area contributed by atoms with Crippen LogP contribution in [0.4, 0.5) is 0 Å². The lowest BCUT2D eigenvalue weighted by molar-refractivity contribution is -0.141. The maximum atomic E-state index is 12.3. The van der Waals surface area contributed by atoms with Crippen LogP contribution in [0.25, 0.3) is 0 Å². The number of nitrogens with two attached hydrogens (primary N) is 1. The Hall–Kier alpha value is -0.570. The third-order valence-electron chi connectivity index (χ3n) is 2.90. The molecule has 3 nitrogen and oxygen atoms in total. The van der Waals surface area contributed by atoms with Crippen molar-refractivity contribution >= 4 is 5.91 Å². The number of carbonyl (C=O) groups is 1. The van der Waals surface area contributed by atoms with Crippen molar-refractivity contribution in [3.05, 3.63) is 0 Å². The topological polar surface area (TPSA) is 46.3 Å². The number of rotatable bonds is 5. The van der Waals surface area contributed by atoms with Crippen molar-refractivity contribution in [3.63, 3.8) is 0 Å². The van der Waals surface area contributed by atoms with Gasteiger partial charge in [0, 0.05) is 19.1 Å². The van der Waals surface area contributed by atoms with Crippen molar-refractivity contribution in [2.75, 3.05) is 13.1 Å². The average Bonchev–Trinajstić information content (AvgIpc) is 2.96. The first-order chi connectivity index (χ1) is 6.88. The van der Waals surface area contributed by atoms with Crippen LogP contribution in [0.1, 0.15) is 40.5 Å². The van der Waals surface area contributed by atoms with Gasteiger partial charge in [0.05, 0.1) is 5.41 Å². The summed E-state index contributed by atoms with van der Waals surface area (Å²) in [6.45, 7) is 9.46. The minimum absolute atomic E-state index is 0.223. The fourth-order valence-corrected chi connectivity index (χ4v) is 1.65. The summed E-state index contributed by atoms with van der Waals surface area (Å²) < 4.78 is 0. The number of hydrogen-bond acceptors (Lipinski definition) is 2. The zero-order chi connectivity index (χ0) is 11.6. The molecule has 0 aromatic rings. The lowest BCUT2D eigenvalue weighted by atomic mass is 9.91. The maximum absolute atomic E-state index is 12.3. The Balaban J connectivity index is 2.67. The average molecular weight is 212 g/mol. The summed E-state index contributed by atoms with van der Waals surface area (Å²) in [5, 5.41) is 0. The molecule has 1 saturated carbocycles. The molecule has 0 bridgehead atoms. The second-order valence-corrected chi connectivity index (χ2v) is 5.67. The van der Waals surface area contributed by atoms with E-state index < -0.39 is 5.41 Å². The Labute approximate surface area is 93.0 Å². The van der Waals surface area contributed by atoms with E-state index in [1.54, 1.807) is 0 Å². The quantitative estimate of drug-likeness (QED) is 0.752. The molecular formula is C12H24N2O. The van der Waals surface area contributed by atoms with E-state index in [1.165, 1.54) is 12.8 Å². The second-order valence-electron chi connectivity index (χ2n) is 5.67. The molecule has 1 rings (SSSR count). The predicted molar refractivity (Wildman–Crippen MR) is 62.4 cm³/mol. The van der Waals surface area contributed by atoms with Gasteiger partial charge in [-0.2, -0.15) is 0 Å². The molecule has 88 valence electrons. The van der Waals surface area contributed by atoms with Crippen LogP contribution in [0.15, 0.2) is 0 Å². The smallest absolute Gasteiger partial charge is 0.229 e. The molecule has 0 atom stereocenters. The van der Waals surface area contributed by atoms with Crippen molar-refractivity contribution in [1.29, 1.82) is 0 Å². The lowest BCUT2D eigenvalue weighted by Gasteiger charge is -2.32. The molecule has 0 aromatic carbocycles. The fourth-order valence-electron chi connectivity index (χ4n) is 1.65. The van der Waals surface area contributed by atoms with Gasteiger partial charge in [-0.05, 0) is 32.6 Å². The van der Waals surface area contributed by atoms with Crippen LogP contribution in [-0.2, 0) is 4.79 Å². The first-order valence-corrected chi connectivity index (χ1v) is 5.89. The minimum Gasteiger partial charge on any atom is -0.339 e. The van der Waals surface area contributed by atoms with Gasteiger partial charge in [0.15, 0.2) is 0 Å². The molecule has 0 spiro atoms. The van der Waals surface area contributed by atoms with Gasteiger partial charge in [-0.3, -0.25) is 4.79 Å². The molecule has 1 aliphatic carbocycles. The van der Waals surface area contributed by atoms with Crippen LogP contribution in [-0.4, -0.2) is 29.9 Å². The van der Waals surface area contributed by atoms with E-state index >= 15 is 0 Å². The summed E-state index contributed by atoms with van der Waals surface area (Å²) in [7, 11) is 0. The molecule has 1 aliphatic rings. The highest BCUT2D eigenvalue weighted by atomic mass is 16.2. The van der Waals surface area contributed by atoms with Gasteiger partial charge in [-0.15, -0.1) is 0 Å². The summed E-state index contributed by atoms with van der Waals surface area (Å²) in [4.78, 5) is 14.3. The lowest BCUT2D eigenvalue weighted by Crippen LogP contribution is -2.47. The Morgan fingerprint density at radius 1 is 1.47 bits per heavy atom. The normalized spacial score (nSPS) is 16.9. The largest absolute Gasteiger partial charge is 0.339 e. The molecule has 0 aromatic heterocycles. The number of hydrogen-bond donors (Lipinski definition) is 1. The van der Waals surface area contributed by atoms with Crippen LogP contribution in [0.2, 0.25) is 0 Å². The van der Waals surface area contributed by atoms with E-state index in [1.807, 2.05) is 18.7 Å². The van der Waals surface area contributed by atoms with E-state index in [-0.39, 0.29) is 5.91 Å². The highest BCUT2D eigenvalue weighted by Gasteiger charge is 2.38. The summed E-state index contributed by atoms with van der Waals surface area (Å²) in [6, 6.07) is 0.491. The first kappa shape index (κ1) is 12.5. The van der Waals surface area contributed by atoms with Crippen LogP contribution in [0.3, 0.4) is 0 Å². The van der Waals surface area contributed by atoms with E-state index in [0.29, 0.717) is 18.5 Å². The molecule has 0 aliphatic heterocycles. The van der Waals surface area contributed by atoms with Crippen molar-refractivity contribution in [2.45, 2.75) is 46.6 Å². The highest BCUT2D eigenvalue weighted by Crippen LogP contribution is 2.31. The van der Waals surface area contributed by atoms with E-state index in [9.17, 15) is 4.79 Å². The van der Waals surface area contributed by atoms with Crippen LogP contribution in [0, 0.1) is 11.3 Å². The first-order valence-electron chi connectivity index (χ1n) is 5.89. The third kappa shape index (κ3) is 3.20. The molecule has 1 fully saturated rings. The van der Waals surface area contributed by atoms with E-state index in [4.69, 9.17) is 5.73 Å². The van der Waals surface area contributed by atoms with Crippen molar-refractivity contribution < 1.29 is 4.79 Å². The van der Waals surface area contributed by atoms with Gasteiger partial charge in [0.2, 0.25) is 5.91 Å². The summed E-state index contributed by atoms with van der Waals surface area (Å²) >= 11 is 0. The SMILES string of the molecule is CC(C)CN(C(=O)C(C)(C)CN)C1CC1. The standard InChI is InChI=1S/C12H24N2O/c1-9(2)7-14(10-5-6-10)11(15)12(3,4)8-13/h9-10H,5-8,13H2,1-4H3. The van der Waals surface area contributed by atoms with Crippen molar-refractivity contribution in [1.82, 2.24) is 4.90 Å². The molecule has 3 heteroatoms. The highest BCUT2D eigenvalue weighted by molar-refractivity contribution is 5.82. The molecule has 1 amide bonds. The zero-order valence-corrected chi connectivity index (χ0v) is 10.4. The van der Waals surface area contributed by atoms with Crippen LogP contribution >= 0.6 is 0 Å².